The van der Waals surface area contributed by atoms with Gasteiger partial charge in [-0.3, -0.25) is 4.40 Å². The van der Waals surface area contributed by atoms with E-state index in [1.807, 2.05) is 0 Å². The van der Waals surface area contributed by atoms with Crippen LogP contribution in [0.5, 0.6) is 5.75 Å². The summed E-state index contributed by atoms with van der Waals surface area (Å²) in [5.74, 6) is 0.976. The lowest BCUT2D eigenvalue weighted by atomic mass is 10.1. The summed E-state index contributed by atoms with van der Waals surface area (Å²) in [7, 11) is -2.12. The molecular weight excluding hydrogens is 523 g/mol. The Morgan fingerprint density at radius 2 is 1.87 bits per heavy atom. The minimum atomic E-state index is -3.62. The molecule has 0 amide bonds. The first-order valence-electron chi connectivity index (χ1n) is 12.4. The van der Waals surface area contributed by atoms with Crippen LogP contribution in [0.4, 0.5) is 10.3 Å². The molecule has 0 saturated carbocycles. The molecule has 0 unspecified atom stereocenters. The van der Waals surface area contributed by atoms with E-state index in [0.29, 0.717) is 60.6 Å². The number of nitrogens with one attached hydrogen (secondary N) is 1. The summed E-state index contributed by atoms with van der Waals surface area (Å²) >= 11 is 0. The summed E-state index contributed by atoms with van der Waals surface area (Å²) in [5, 5.41) is 3.36. The number of benzene rings is 2. The Balaban J connectivity index is 1.20. The molecule has 1 saturated heterocycles. The fraction of sp³-hybridized carbons (Fsp3) is 0.222. The molecule has 3 aromatic heterocycles. The van der Waals surface area contributed by atoms with Gasteiger partial charge in [-0.15, -0.1) is 0 Å². The van der Waals surface area contributed by atoms with E-state index < -0.39 is 10.0 Å². The van der Waals surface area contributed by atoms with E-state index in [0.717, 1.165) is 5.56 Å². The number of aromatic nitrogens is 4. The molecule has 2 aromatic carbocycles. The van der Waals surface area contributed by atoms with Crippen molar-refractivity contribution in [3.8, 4) is 28.4 Å². The number of halogens is 1. The largest absolute Gasteiger partial charge is 0.497 e. The Kier molecular flexibility index (Phi) is 6.49. The van der Waals surface area contributed by atoms with E-state index >= 15 is 0 Å². The number of nitrogens with zero attached hydrogens (tertiary/aromatic N) is 5. The van der Waals surface area contributed by atoms with Gasteiger partial charge in [0.25, 0.3) is 0 Å². The molecule has 200 valence electrons. The molecule has 12 heteroatoms. The van der Waals surface area contributed by atoms with Crippen LogP contribution >= 0.6 is 0 Å². The van der Waals surface area contributed by atoms with Crippen LogP contribution in [0.25, 0.3) is 28.5 Å². The number of methoxy groups -OCH3 is 1. The van der Waals surface area contributed by atoms with Crippen LogP contribution in [0, 0.1) is 5.82 Å². The Hall–Kier alpha value is -4.29. The average molecular weight is 549 g/mol. The summed E-state index contributed by atoms with van der Waals surface area (Å²) in [6, 6.07) is 14.4. The van der Waals surface area contributed by atoms with E-state index in [1.54, 1.807) is 53.2 Å². The highest BCUT2D eigenvalue weighted by Crippen LogP contribution is 2.33. The van der Waals surface area contributed by atoms with E-state index in [4.69, 9.17) is 14.1 Å². The van der Waals surface area contributed by atoms with Crippen LogP contribution in [-0.4, -0.2) is 58.3 Å². The summed E-state index contributed by atoms with van der Waals surface area (Å²) in [4.78, 5) is 13.9. The Labute approximate surface area is 224 Å². The molecule has 5 aromatic rings. The first-order chi connectivity index (χ1) is 18.9. The molecule has 10 nitrogen and oxygen atoms in total. The van der Waals surface area contributed by atoms with Crippen LogP contribution in [0.3, 0.4) is 0 Å². The van der Waals surface area contributed by atoms with Gasteiger partial charge in [0, 0.05) is 43.2 Å². The lowest BCUT2D eigenvalue weighted by molar-refractivity contribution is 0.329. The van der Waals surface area contributed by atoms with Crippen molar-refractivity contribution in [2.75, 3.05) is 25.5 Å². The number of oxazole rings is 1. The Bertz CT molecular complexity index is 1730. The molecule has 1 aliphatic heterocycles. The van der Waals surface area contributed by atoms with Gasteiger partial charge >= 0.3 is 5.84 Å². The van der Waals surface area contributed by atoms with Gasteiger partial charge in [0.05, 0.1) is 17.7 Å². The number of ether oxygens (including phenoxy) is 1. The highest BCUT2D eigenvalue weighted by atomic mass is 32.2. The first kappa shape index (κ1) is 25.0. The third kappa shape index (κ3) is 4.84. The predicted octanol–water partition coefficient (Wildman–Crippen LogP) is 4.46. The number of piperidine rings is 1. The molecule has 1 fully saturated rings. The van der Waals surface area contributed by atoms with Gasteiger partial charge in [-0.05, 0) is 55.3 Å². The molecule has 0 atom stereocenters. The third-order valence-electron chi connectivity index (χ3n) is 6.74. The number of fused-ring (bicyclic) bond motifs is 1. The summed E-state index contributed by atoms with van der Waals surface area (Å²) in [6.45, 7) is 0.730. The zero-order valence-electron chi connectivity index (χ0n) is 21.0. The standard InChI is InChI=1S/C27H25FN6O4S/c1-37-21-3-2-4-22(17-21)39(35,36)33-13-10-20(11-14-33)30-26-29-12-9-23(31-26)25-24(18-5-7-19(28)8-6-18)32-27-34(25)15-16-38-27/h2-9,12,15-17,20H,10-11,13-14H2,1H3,(H,29,30,31). The maximum absolute atomic E-state index is 13.5. The fourth-order valence-electron chi connectivity index (χ4n) is 4.73. The fourth-order valence-corrected chi connectivity index (χ4v) is 6.24. The number of hydrogen-bond donors (Lipinski definition) is 1. The van der Waals surface area contributed by atoms with Gasteiger partial charge in [-0.1, -0.05) is 6.07 Å². The number of hydrogen-bond acceptors (Lipinski definition) is 8. The molecule has 0 aliphatic carbocycles. The van der Waals surface area contributed by atoms with Crippen molar-refractivity contribution in [1.82, 2.24) is 23.7 Å². The van der Waals surface area contributed by atoms with Crippen LogP contribution in [0.2, 0.25) is 0 Å². The molecule has 4 heterocycles. The summed E-state index contributed by atoms with van der Waals surface area (Å²) in [6.07, 6.45) is 6.12. The highest BCUT2D eigenvalue weighted by molar-refractivity contribution is 7.89. The quantitative estimate of drug-likeness (QED) is 0.317. The summed E-state index contributed by atoms with van der Waals surface area (Å²) < 4.78 is 53.8. The molecule has 6 rings (SSSR count). The van der Waals surface area contributed by atoms with Crippen molar-refractivity contribution >= 4 is 21.8 Å². The average Bonchev–Trinajstić information content (AvgIpc) is 3.56. The molecule has 0 bridgehead atoms. The SMILES string of the molecule is COc1cccc(S(=O)(=O)N2CCC(Nc3nccc(-c4c(-c5ccc(F)cc5)nc5occn45)n3)CC2)c1. The van der Waals surface area contributed by atoms with Crippen LogP contribution in [0.15, 0.2) is 82.6 Å². The van der Waals surface area contributed by atoms with Crippen molar-refractivity contribution < 1.29 is 22.0 Å². The van der Waals surface area contributed by atoms with Crippen molar-refractivity contribution in [3.63, 3.8) is 0 Å². The minimum absolute atomic E-state index is 0.00652. The van der Waals surface area contributed by atoms with E-state index in [2.05, 4.69) is 15.3 Å². The molecular formula is C27H25FN6O4S. The van der Waals surface area contributed by atoms with E-state index in [1.165, 1.54) is 35.9 Å². The second-order valence-electron chi connectivity index (χ2n) is 9.14. The molecule has 0 radical (unpaired) electrons. The zero-order valence-corrected chi connectivity index (χ0v) is 21.8. The van der Waals surface area contributed by atoms with Gasteiger partial charge in [0.15, 0.2) is 0 Å². The second kappa shape index (κ2) is 10.1. The van der Waals surface area contributed by atoms with Gasteiger partial charge in [-0.2, -0.15) is 9.29 Å². The predicted molar refractivity (Wildman–Crippen MR) is 142 cm³/mol. The van der Waals surface area contributed by atoms with Gasteiger partial charge in [-0.25, -0.2) is 22.8 Å². The monoisotopic (exact) mass is 548 g/mol. The maximum atomic E-state index is 13.5. The smallest absolute Gasteiger partial charge is 0.306 e. The number of rotatable bonds is 7. The normalized spacial score (nSPS) is 15.0. The third-order valence-corrected chi connectivity index (χ3v) is 8.64. The maximum Gasteiger partial charge on any atom is 0.306 e. The lowest BCUT2D eigenvalue weighted by Crippen LogP contribution is -2.42. The van der Waals surface area contributed by atoms with Gasteiger partial charge < -0.3 is 14.5 Å². The Morgan fingerprint density at radius 3 is 2.64 bits per heavy atom. The van der Waals surface area contributed by atoms with E-state index in [-0.39, 0.29) is 16.8 Å². The molecule has 0 spiro atoms. The summed E-state index contributed by atoms with van der Waals surface area (Å²) in [5.41, 5.74) is 2.63. The topological polar surface area (TPSA) is 115 Å². The van der Waals surface area contributed by atoms with Crippen molar-refractivity contribution in [3.05, 3.63) is 79.1 Å². The van der Waals surface area contributed by atoms with Crippen LogP contribution < -0.4 is 10.1 Å². The second-order valence-corrected chi connectivity index (χ2v) is 11.1. The molecule has 1 aliphatic rings. The van der Waals surface area contributed by atoms with Crippen molar-refractivity contribution in [1.29, 1.82) is 0 Å². The van der Waals surface area contributed by atoms with Gasteiger partial charge in [0.1, 0.15) is 29.2 Å². The van der Waals surface area contributed by atoms with Crippen molar-refractivity contribution in [2.24, 2.45) is 0 Å². The molecule has 39 heavy (non-hydrogen) atoms. The van der Waals surface area contributed by atoms with E-state index in [9.17, 15) is 12.8 Å². The number of imidazole rings is 1. The first-order valence-corrected chi connectivity index (χ1v) is 13.8. The number of sulfonamides is 1. The highest BCUT2D eigenvalue weighted by Gasteiger charge is 2.30. The lowest BCUT2D eigenvalue weighted by Gasteiger charge is -2.31. The molecule has 1 N–H and O–H groups in total. The van der Waals surface area contributed by atoms with Crippen LogP contribution in [-0.2, 0) is 10.0 Å². The van der Waals surface area contributed by atoms with Crippen LogP contribution in [0.1, 0.15) is 12.8 Å². The van der Waals surface area contributed by atoms with Gasteiger partial charge in [0.2, 0.25) is 16.0 Å². The zero-order chi connectivity index (χ0) is 27.0. The minimum Gasteiger partial charge on any atom is -0.497 e. The number of anilines is 1. The van der Waals surface area contributed by atoms with Crippen molar-refractivity contribution in [2.45, 2.75) is 23.8 Å². The Morgan fingerprint density at radius 1 is 1.08 bits per heavy atom.